The van der Waals surface area contributed by atoms with Gasteiger partial charge in [0.25, 0.3) is 0 Å². The van der Waals surface area contributed by atoms with Crippen LogP contribution >= 0.6 is 0 Å². The minimum absolute atomic E-state index is 0.0653. The maximum absolute atomic E-state index is 12.3. The predicted molar refractivity (Wildman–Crippen MR) is 40.8 cm³/mol. The van der Waals surface area contributed by atoms with Crippen LogP contribution in [0.25, 0.3) is 0 Å². The van der Waals surface area contributed by atoms with Crippen LogP contribution in [0.15, 0.2) is 0 Å². The first-order valence-electron chi connectivity index (χ1n) is 4.01. The van der Waals surface area contributed by atoms with E-state index >= 15 is 0 Å². The summed E-state index contributed by atoms with van der Waals surface area (Å²) in [5.41, 5.74) is 0. The van der Waals surface area contributed by atoms with Crippen LogP contribution in [-0.2, 0) is 0 Å². The molecule has 0 bridgehead atoms. The first-order valence-corrected chi connectivity index (χ1v) is 4.01. The number of alkyl halides is 2. The Morgan fingerprint density at radius 2 is 2.17 bits per heavy atom. The molecule has 1 aliphatic heterocycles. The van der Waals surface area contributed by atoms with Crippen molar-refractivity contribution in [3.8, 4) is 6.07 Å². The van der Waals surface area contributed by atoms with Gasteiger partial charge in [-0.3, -0.25) is 0 Å². The fourth-order valence-corrected chi connectivity index (χ4v) is 1.19. The number of hydrogen-bond acceptors (Lipinski definition) is 2. The lowest BCUT2D eigenvalue weighted by Crippen LogP contribution is -2.47. The van der Waals surface area contributed by atoms with E-state index in [0.717, 1.165) is 6.92 Å². The SMILES string of the molecule is CC(F)(F)CCN1CC(C#N)C1. The van der Waals surface area contributed by atoms with Gasteiger partial charge in [0.15, 0.2) is 0 Å². The highest BCUT2D eigenvalue weighted by Crippen LogP contribution is 2.20. The lowest BCUT2D eigenvalue weighted by molar-refractivity contribution is -0.00674. The molecular weight excluding hydrogens is 162 g/mol. The van der Waals surface area contributed by atoms with Gasteiger partial charge in [-0.2, -0.15) is 5.26 Å². The molecule has 1 rings (SSSR count). The van der Waals surface area contributed by atoms with Gasteiger partial charge in [0.1, 0.15) is 0 Å². The third kappa shape index (κ3) is 2.74. The topological polar surface area (TPSA) is 27.0 Å². The van der Waals surface area contributed by atoms with Crippen LogP contribution in [-0.4, -0.2) is 30.5 Å². The van der Waals surface area contributed by atoms with Gasteiger partial charge in [0, 0.05) is 26.1 Å². The summed E-state index contributed by atoms with van der Waals surface area (Å²) in [6.45, 7) is 2.65. The molecule has 1 fully saturated rings. The maximum atomic E-state index is 12.3. The van der Waals surface area contributed by atoms with Crippen molar-refractivity contribution < 1.29 is 8.78 Å². The predicted octanol–water partition coefficient (Wildman–Crippen LogP) is 1.49. The van der Waals surface area contributed by atoms with Crippen LogP contribution in [0.5, 0.6) is 0 Å². The van der Waals surface area contributed by atoms with Crippen molar-refractivity contribution >= 4 is 0 Å². The Hall–Kier alpha value is -0.690. The zero-order valence-corrected chi connectivity index (χ0v) is 7.06. The van der Waals surface area contributed by atoms with E-state index in [1.54, 1.807) is 0 Å². The summed E-state index contributed by atoms with van der Waals surface area (Å²) < 4.78 is 24.7. The third-order valence-corrected chi connectivity index (χ3v) is 2.01. The quantitative estimate of drug-likeness (QED) is 0.648. The van der Waals surface area contributed by atoms with E-state index in [-0.39, 0.29) is 12.3 Å². The molecule has 0 N–H and O–H groups in total. The summed E-state index contributed by atoms with van der Waals surface area (Å²) in [5.74, 6) is -2.51. The Morgan fingerprint density at radius 1 is 1.58 bits per heavy atom. The zero-order chi connectivity index (χ0) is 9.19. The summed E-state index contributed by atoms with van der Waals surface area (Å²) in [7, 11) is 0. The number of nitrogens with zero attached hydrogens (tertiary/aromatic N) is 2. The third-order valence-electron chi connectivity index (χ3n) is 2.01. The van der Waals surface area contributed by atoms with Crippen molar-refractivity contribution in [2.75, 3.05) is 19.6 Å². The van der Waals surface area contributed by atoms with Gasteiger partial charge in [0.05, 0.1) is 12.0 Å². The van der Waals surface area contributed by atoms with Gasteiger partial charge in [0.2, 0.25) is 5.92 Å². The van der Waals surface area contributed by atoms with Gasteiger partial charge >= 0.3 is 0 Å². The molecule has 1 saturated heterocycles. The van der Waals surface area contributed by atoms with Crippen molar-refractivity contribution in [1.82, 2.24) is 4.90 Å². The monoisotopic (exact) mass is 174 g/mol. The second kappa shape index (κ2) is 3.36. The van der Waals surface area contributed by atoms with Crippen molar-refractivity contribution in [3.05, 3.63) is 0 Å². The number of halogens is 2. The van der Waals surface area contributed by atoms with Gasteiger partial charge in [-0.15, -0.1) is 0 Å². The van der Waals surface area contributed by atoms with E-state index in [1.165, 1.54) is 0 Å². The van der Waals surface area contributed by atoms with E-state index in [0.29, 0.717) is 19.6 Å². The molecule has 1 heterocycles. The molecule has 1 aliphatic rings. The molecule has 12 heavy (non-hydrogen) atoms. The van der Waals surface area contributed by atoms with E-state index < -0.39 is 5.92 Å². The summed E-state index contributed by atoms with van der Waals surface area (Å²) in [4.78, 5) is 1.88. The molecule has 0 aromatic rings. The number of likely N-dealkylation sites (tertiary alicyclic amines) is 1. The molecule has 0 radical (unpaired) electrons. The van der Waals surface area contributed by atoms with Crippen LogP contribution in [0.3, 0.4) is 0 Å². The molecule has 0 aliphatic carbocycles. The Kier molecular flexibility index (Phi) is 2.63. The highest BCUT2D eigenvalue weighted by molar-refractivity contribution is 4.94. The van der Waals surface area contributed by atoms with Gasteiger partial charge in [-0.25, -0.2) is 8.78 Å². The Balaban J connectivity index is 2.09. The summed E-state index contributed by atoms with van der Waals surface area (Å²) in [6, 6.07) is 2.10. The molecule has 0 spiro atoms. The lowest BCUT2D eigenvalue weighted by atomic mass is 10.0. The van der Waals surface area contributed by atoms with Crippen LogP contribution in [0.4, 0.5) is 8.78 Å². The number of hydrogen-bond donors (Lipinski definition) is 0. The molecule has 0 unspecified atom stereocenters. The van der Waals surface area contributed by atoms with Crippen molar-refractivity contribution in [3.63, 3.8) is 0 Å². The normalized spacial score (nSPS) is 20.2. The average molecular weight is 174 g/mol. The van der Waals surface area contributed by atoms with E-state index in [2.05, 4.69) is 6.07 Å². The summed E-state index contributed by atoms with van der Waals surface area (Å²) >= 11 is 0. The van der Waals surface area contributed by atoms with Crippen molar-refractivity contribution in [2.45, 2.75) is 19.3 Å². The van der Waals surface area contributed by atoms with Crippen LogP contribution in [0, 0.1) is 17.2 Å². The Bertz CT molecular complexity index is 186. The molecule has 0 amide bonds. The van der Waals surface area contributed by atoms with E-state index in [9.17, 15) is 8.78 Å². The second-order valence-corrected chi connectivity index (χ2v) is 3.41. The van der Waals surface area contributed by atoms with Gasteiger partial charge in [-0.05, 0) is 6.92 Å². The van der Waals surface area contributed by atoms with E-state index in [1.807, 2.05) is 4.90 Å². The zero-order valence-electron chi connectivity index (χ0n) is 7.06. The van der Waals surface area contributed by atoms with Crippen LogP contribution < -0.4 is 0 Å². The smallest absolute Gasteiger partial charge is 0.246 e. The maximum Gasteiger partial charge on any atom is 0.246 e. The number of nitriles is 1. The molecule has 68 valence electrons. The minimum Gasteiger partial charge on any atom is -0.300 e. The largest absolute Gasteiger partial charge is 0.300 e. The van der Waals surface area contributed by atoms with Gasteiger partial charge < -0.3 is 4.90 Å². The molecule has 0 atom stereocenters. The highest BCUT2D eigenvalue weighted by Gasteiger charge is 2.29. The molecule has 0 saturated carbocycles. The fraction of sp³-hybridized carbons (Fsp3) is 0.875. The Labute approximate surface area is 70.8 Å². The molecule has 0 aromatic carbocycles. The standard InChI is InChI=1S/C8H12F2N2/c1-8(9,10)2-3-12-5-7(4-11)6-12/h7H,2-3,5-6H2,1H3. The molecule has 4 heteroatoms. The second-order valence-electron chi connectivity index (χ2n) is 3.41. The van der Waals surface area contributed by atoms with Crippen molar-refractivity contribution in [2.24, 2.45) is 5.92 Å². The average Bonchev–Trinajstić information content (AvgIpc) is 1.82. The van der Waals surface area contributed by atoms with Gasteiger partial charge in [-0.1, -0.05) is 0 Å². The summed E-state index contributed by atoms with van der Waals surface area (Å²) in [6.07, 6.45) is -0.106. The molecule has 2 nitrogen and oxygen atoms in total. The Morgan fingerprint density at radius 3 is 2.58 bits per heavy atom. The minimum atomic E-state index is -2.57. The van der Waals surface area contributed by atoms with Crippen LogP contribution in [0.1, 0.15) is 13.3 Å². The summed E-state index contributed by atoms with van der Waals surface area (Å²) in [5, 5.41) is 8.41. The molecule has 0 aromatic heterocycles. The van der Waals surface area contributed by atoms with Crippen molar-refractivity contribution in [1.29, 1.82) is 5.26 Å². The molecular formula is C8H12F2N2. The number of rotatable bonds is 3. The first-order chi connectivity index (χ1) is 5.51. The van der Waals surface area contributed by atoms with Crippen LogP contribution in [0.2, 0.25) is 0 Å². The van der Waals surface area contributed by atoms with E-state index in [4.69, 9.17) is 5.26 Å². The fourth-order valence-electron chi connectivity index (χ4n) is 1.19. The highest BCUT2D eigenvalue weighted by atomic mass is 19.3. The first kappa shape index (κ1) is 9.40. The lowest BCUT2D eigenvalue weighted by Gasteiger charge is -2.35.